The lowest BCUT2D eigenvalue weighted by atomic mass is 10.1. The Bertz CT molecular complexity index is 1020. The number of amides is 3. The summed E-state index contributed by atoms with van der Waals surface area (Å²) in [6, 6.07) is 10.9. The van der Waals surface area contributed by atoms with E-state index < -0.39 is 0 Å². The van der Waals surface area contributed by atoms with Crippen LogP contribution >= 0.6 is 11.8 Å². The normalized spacial score (nSPS) is 14.8. The first-order valence-corrected chi connectivity index (χ1v) is 10.5. The molecule has 1 heterocycles. The van der Waals surface area contributed by atoms with E-state index in [0.717, 1.165) is 33.4 Å². The van der Waals surface area contributed by atoms with E-state index in [0.29, 0.717) is 22.0 Å². The third-order valence-corrected chi connectivity index (χ3v) is 5.79. The van der Waals surface area contributed by atoms with Gasteiger partial charge in [-0.05, 0) is 49.4 Å². The number of carbonyl (C=O) groups excluding carboxylic acids is 3. The molecule has 8 heteroatoms. The molecule has 3 amide bonds. The number of ether oxygens (including phenoxy) is 2. The summed E-state index contributed by atoms with van der Waals surface area (Å²) in [6.07, 6.45) is 1.70. The van der Waals surface area contributed by atoms with Crippen molar-refractivity contribution in [3.63, 3.8) is 0 Å². The number of hydrogen-bond acceptors (Lipinski definition) is 6. The number of rotatable bonds is 7. The number of thioether (sulfide) groups is 1. The van der Waals surface area contributed by atoms with Crippen molar-refractivity contribution in [2.45, 2.75) is 13.8 Å². The molecule has 3 rings (SSSR count). The highest BCUT2D eigenvalue weighted by atomic mass is 32.2. The maximum Gasteiger partial charge on any atom is 0.293 e. The Morgan fingerprint density at radius 1 is 1.06 bits per heavy atom. The van der Waals surface area contributed by atoms with Gasteiger partial charge in [0.25, 0.3) is 17.1 Å². The molecular formula is C23H24N2O5S. The van der Waals surface area contributed by atoms with Crippen LogP contribution in [0.4, 0.5) is 4.79 Å². The first-order valence-electron chi connectivity index (χ1n) is 9.67. The third-order valence-electron chi connectivity index (χ3n) is 4.88. The lowest BCUT2D eigenvalue weighted by Gasteiger charge is -2.15. The van der Waals surface area contributed by atoms with E-state index in [-0.39, 0.29) is 30.1 Å². The van der Waals surface area contributed by atoms with Gasteiger partial charge in [-0.1, -0.05) is 29.8 Å². The number of aryl methyl sites for hydroxylation is 1. The Hall–Kier alpha value is -3.26. The summed E-state index contributed by atoms with van der Waals surface area (Å²) < 4.78 is 10.6. The summed E-state index contributed by atoms with van der Waals surface area (Å²) in [5.41, 5.74) is 3.13. The number of nitrogens with zero attached hydrogens (tertiary/aromatic N) is 1. The molecule has 31 heavy (non-hydrogen) atoms. The smallest absolute Gasteiger partial charge is 0.293 e. The van der Waals surface area contributed by atoms with Crippen molar-refractivity contribution in [2.24, 2.45) is 0 Å². The van der Waals surface area contributed by atoms with Crippen LogP contribution in [0.2, 0.25) is 0 Å². The fourth-order valence-corrected chi connectivity index (χ4v) is 3.97. The lowest BCUT2D eigenvalue weighted by molar-refractivity contribution is -0.122. The van der Waals surface area contributed by atoms with Crippen molar-refractivity contribution in [3.05, 3.63) is 63.6 Å². The van der Waals surface area contributed by atoms with Crippen molar-refractivity contribution >= 4 is 34.9 Å². The van der Waals surface area contributed by atoms with Crippen LogP contribution in [0.25, 0.3) is 6.08 Å². The fraction of sp³-hybridized carbons (Fsp3) is 0.261. The second-order valence-corrected chi connectivity index (χ2v) is 8.00. The van der Waals surface area contributed by atoms with Crippen molar-refractivity contribution in [2.75, 3.05) is 27.3 Å². The Morgan fingerprint density at radius 3 is 2.26 bits per heavy atom. The van der Waals surface area contributed by atoms with E-state index in [1.54, 1.807) is 18.2 Å². The van der Waals surface area contributed by atoms with Crippen LogP contribution in [0.3, 0.4) is 0 Å². The van der Waals surface area contributed by atoms with Crippen LogP contribution in [0, 0.1) is 13.8 Å². The Morgan fingerprint density at radius 2 is 1.68 bits per heavy atom. The average molecular weight is 441 g/mol. The lowest BCUT2D eigenvalue weighted by Crippen LogP contribution is -2.37. The molecule has 1 N–H and O–H groups in total. The van der Waals surface area contributed by atoms with Crippen molar-refractivity contribution in [1.82, 2.24) is 10.2 Å². The SMILES string of the molecule is COc1cc(C(=O)NCCN2C(=O)S/C(=C\c3ccc(C)cc3)C2=O)cc(OC)c1C. The molecule has 0 aromatic heterocycles. The highest BCUT2D eigenvalue weighted by Gasteiger charge is 2.34. The van der Waals surface area contributed by atoms with Gasteiger partial charge in [0.15, 0.2) is 0 Å². The molecular weight excluding hydrogens is 416 g/mol. The fourth-order valence-electron chi connectivity index (χ4n) is 3.11. The minimum Gasteiger partial charge on any atom is -0.496 e. The molecule has 2 aromatic carbocycles. The zero-order chi connectivity index (χ0) is 22.5. The van der Waals surface area contributed by atoms with Crippen LogP contribution in [0.5, 0.6) is 11.5 Å². The largest absolute Gasteiger partial charge is 0.496 e. The molecule has 1 aliphatic heterocycles. The summed E-state index contributed by atoms with van der Waals surface area (Å²) in [4.78, 5) is 38.9. The Labute approximate surface area is 185 Å². The first kappa shape index (κ1) is 22.4. The van der Waals surface area contributed by atoms with Gasteiger partial charge in [-0.2, -0.15) is 0 Å². The summed E-state index contributed by atoms with van der Waals surface area (Å²) in [5, 5.41) is 2.38. The maximum atomic E-state index is 12.6. The van der Waals surface area contributed by atoms with Gasteiger partial charge in [-0.25, -0.2) is 0 Å². The molecule has 0 radical (unpaired) electrons. The topological polar surface area (TPSA) is 84.9 Å². The van der Waals surface area contributed by atoms with Gasteiger partial charge >= 0.3 is 0 Å². The molecule has 162 valence electrons. The highest BCUT2D eigenvalue weighted by Crippen LogP contribution is 2.32. The molecule has 0 saturated carbocycles. The minimum absolute atomic E-state index is 0.0851. The van der Waals surface area contributed by atoms with Crippen LogP contribution in [-0.2, 0) is 4.79 Å². The molecule has 1 fully saturated rings. The predicted octanol–water partition coefficient (Wildman–Crippen LogP) is 3.79. The van der Waals surface area contributed by atoms with Crippen LogP contribution in [-0.4, -0.2) is 49.3 Å². The van der Waals surface area contributed by atoms with E-state index in [2.05, 4.69) is 5.32 Å². The Kier molecular flexibility index (Phi) is 7.02. The van der Waals surface area contributed by atoms with Gasteiger partial charge in [0.1, 0.15) is 11.5 Å². The quantitative estimate of drug-likeness (QED) is 0.660. The summed E-state index contributed by atoms with van der Waals surface area (Å²) in [5.74, 6) is 0.371. The third kappa shape index (κ3) is 5.08. The van der Waals surface area contributed by atoms with Gasteiger partial charge in [0.05, 0.1) is 19.1 Å². The van der Waals surface area contributed by atoms with E-state index in [9.17, 15) is 14.4 Å². The standard InChI is InChI=1S/C23H24N2O5S/c1-14-5-7-16(8-6-14)11-20-22(27)25(23(28)31-20)10-9-24-21(26)17-12-18(29-3)15(2)19(13-17)30-4/h5-8,11-13H,9-10H2,1-4H3,(H,24,26)/b20-11-. The Balaban J connectivity index is 1.63. The van der Waals surface area contributed by atoms with Gasteiger partial charge in [-0.3, -0.25) is 19.3 Å². The van der Waals surface area contributed by atoms with E-state index >= 15 is 0 Å². The van der Waals surface area contributed by atoms with Gasteiger partial charge in [0, 0.05) is 24.2 Å². The average Bonchev–Trinajstić information content (AvgIpc) is 3.02. The second kappa shape index (κ2) is 9.70. The van der Waals surface area contributed by atoms with Gasteiger partial charge < -0.3 is 14.8 Å². The molecule has 0 aliphatic carbocycles. The number of carbonyl (C=O) groups is 3. The number of benzene rings is 2. The maximum absolute atomic E-state index is 12.6. The molecule has 0 atom stereocenters. The van der Waals surface area contributed by atoms with Gasteiger partial charge in [-0.15, -0.1) is 0 Å². The van der Waals surface area contributed by atoms with E-state index in [1.807, 2.05) is 38.1 Å². The molecule has 1 aliphatic rings. The summed E-state index contributed by atoms with van der Waals surface area (Å²) in [7, 11) is 3.04. The number of imide groups is 1. The first-order chi connectivity index (χ1) is 14.8. The molecule has 0 unspecified atom stereocenters. The molecule has 0 bridgehead atoms. The van der Waals surface area contributed by atoms with E-state index in [1.165, 1.54) is 14.2 Å². The highest BCUT2D eigenvalue weighted by molar-refractivity contribution is 8.18. The minimum atomic E-state index is -0.358. The monoisotopic (exact) mass is 440 g/mol. The van der Waals surface area contributed by atoms with Crippen LogP contribution < -0.4 is 14.8 Å². The van der Waals surface area contributed by atoms with Crippen LogP contribution in [0.1, 0.15) is 27.0 Å². The van der Waals surface area contributed by atoms with Crippen molar-refractivity contribution in [3.8, 4) is 11.5 Å². The molecule has 7 nitrogen and oxygen atoms in total. The van der Waals surface area contributed by atoms with E-state index in [4.69, 9.17) is 9.47 Å². The second-order valence-electron chi connectivity index (χ2n) is 7.01. The number of hydrogen-bond donors (Lipinski definition) is 1. The number of methoxy groups -OCH3 is 2. The zero-order valence-corrected chi connectivity index (χ0v) is 18.7. The van der Waals surface area contributed by atoms with Crippen LogP contribution in [0.15, 0.2) is 41.3 Å². The van der Waals surface area contributed by atoms with Crippen molar-refractivity contribution < 1.29 is 23.9 Å². The van der Waals surface area contributed by atoms with Gasteiger partial charge in [0.2, 0.25) is 0 Å². The molecule has 0 spiro atoms. The summed E-state index contributed by atoms with van der Waals surface area (Å²) in [6.45, 7) is 4.03. The molecule has 2 aromatic rings. The zero-order valence-electron chi connectivity index (χ0n) is 17.9. The van der Waals surface area contributed by atoms with Crippen molar-refractivity contribution in [1.29, 1.82) is 0 Å². The number of nitrogens with one attached hydrogen (secondary N) is 1. The predicted molar refractivity (Wildman–Crippen MR) is 120 cm³/mol. The summed E-state index contributed by atoms with van der Waals surface area (Å²) >= 11 is 0.900. The molecule has 1 saturated heterocycles.